The summed E-state index contributed by atoms with van der Waals surface area (Å²) in [6.45, 7) is 12.1. The minimum Gasteiger partial charge on any atom is -0.308 e. The molecule has 2 aromatic rings. The fourth-order valence-corrected chi connectivity index (χ4v) is 2.30. The van der Waals surface area contributed by atoms with Gasteiger partial charge in [0, 0.05) is 12.1 Å². The third-order valence-electron chi connectivity index (χ3n) is 3.69. The van der Waals surface area contributed by atoms with Crippen molar-refractivity contribution in [2.45, 2.75) is 40.2 Å². The molecule has 2 rings (SSSR count). The van der Waals surface area contributed by atoms with Crippen molar-refractivity contribution < 1.29 is 0 Å². The van der Waals surface area contributed by atoms with E-state index in [0.717, 1.165) is 6.54 Å². The molecule has 21 heavy (non-hydrogen) atoms. The first-order chi connectivity index (χ1) is 9.85. The number of fused-ring (bicyclic) bond motifs is 1. The van der Waals surface area contributed by atoms with Crippen LogP contribution in [0.15, 0.2) is 48.0 Å². The van der Waals surface area contributed by atoms with Gasteiger partial charge in [-0.1, -0.05) is 61.9 Å². The molecule has 0 spiro atoms. The van der Waals surface area contributed by atoms with E-state index in [4.69, 9.17) is 0 Å². The first-order valence-corrected chi connectivity index (χ1v) is 7.79. The van der Waals surface area contributed by atoms with Crippen molar-refractivity contribution >= 4 is 16.8 Å². The van der Waals surface area contributed by atoms with Crippen LogP contribution >= 0.6 is 0 Å². The molecule has 1 N–H and O–H groups in total. The fraction of sp³-hybridized carbons (Fsp3) is 0.400. The lowest BCUT2D eigenvalue weighted by atomic mass is 9.97. The normalized spacial score (nSPS) is 13.1. The van der Waals surface area contributed by atoms with Gasteiger partial charge in [-0.2, -0.15) is 0 Å². The van der Waals surface area contributed by atoms with E-state index in [0.29, 0.717) is 5.92 Å². The highest BCUT2D eigenvalue weighted by molar-refractivity contribution is 5.84. The van der Waals surface area contributed by atoms with Gasteiger partial charge in [0.1, 0.15) is 0 Å². The topological polar surface area (TPSA) is 12.0 Å². The van der Waals surface area contributed by atoms with Crippen LogP contribution in [0.25, 0.3) is 16.8 Å². The molecule has 1 heteroatoms. The molecular formula is C20H27N. The van der Waals surface area contributed by atoms with E-state index in [2.05, 4.69) is 88.5 Å². The summed E-state index contributed by atoms with van der Waals surface area (Å²) in [5.74, 6) is 0.548. The maximum Gasteiger partial charge on any atom is 0.0175 e. The molecule has 112 valence electrons. The van der Waals surface area contributed by atoms with Gasteiger partial charge in [-0.05, 0) is 49.1 Å². The van der Waals surface area contributed by atoms with Gasteiger partial charge in [0.05, 0.1) is 0 Å². The Labute approximate surface area is 129 Å². The zero-order valence-electron chi connectivity index (χ0n) is 13.9. The molecule has 0 radical (unpaired) electrons. The van der Waals surface area contributed by atoms with Gasteiger partial charge in [-0.25, -0.2) is 0 Å². The minimum atomic E-state index is 0.150. The van der Waals surface area contributed by atoms with Gasteiger partial charge >= 0.3 is 0 Å². The van der Waals surface area contributed by atoms with E-state index in [-0.39, 0.29) is 5.54 Å². The molecule has 0 unspecified atom stereocenters. The molecule has 0 atom stereocenters. The monoisotopic (exact) mass is 281 g/mol. The van der Waals surface area contributed by atoms with Crippen LogP contribution in [-0.2, 0) is 0 Å². The molecule has 0 aromatic heterocycles. The van der Waals surface area contributed by atoms with Crippen LogP contribution in [0.5, 0.6) is 0 Å². The van der Waals surface area contributed by atoms with Crippen molar-refractivity contribution in [1.82, 2.24) is 5.32 Å². The third-order valence-corrected chi connectivity index (χ3v) is 3.69. The van der Waals surface area contributed by atoms with Crippen LogP contribution in [0.3, 0.4) is 0 Å². The first-order valence-electron chi connectivity index (χ1n) is 7.79. The van der Waals surface area contributed by atoms with Crippen LogP contribution in [-0.4, -0.2) is 12.1 Å². The second-order valence-corrected chi connectivity index (χ2v) is 7.08. The Balaban J connectivity index is 2.27. The standard InChI is InChI=1S/C20H27N/c1-15(2)19(14-21-20(3,4)5)13-16-10-11-17-8-6-7-9-18(17)12-16/h6-13,15,21H,14H2,1-5H3. The smallest absolute Gasteiger partial charge is 0.0175 e. The van der Waals surface area contributed by atoms with E-state index in [1.807, 2.05) is 0 Å². The Kier molecular flexibility index (Phi) is 4.84. The molecule has 0 aliphatic carbocycles. The van der Waals surface area contributed by atoms with Crippen molar-refractivity contribution in [3.8, 4) is 0 Å². The lowest BCUT2D eigenvalue weighted by Crippen LogP contribution is -2.37. The Morgan fingerprint density at radius 1 is 1.05 bits per heavy atom. The maximum absolute atomic E-state index is 3.59. The molecule has 0 aliphatic heterocycles. The molecule has 0 fully saturated rings. The van der Waals surface area contributed by atoms with Crippen LogP contribution in [0, 0.1) is 5.92 Å². The summed E-state index contributed by atoms with van der Waals surface area (Å²) in [4.78, 5) is 0. The second-order valence-electron chi connectivity index (χ2n) is 7.08. The summed E-state index contributed by atoms with van der Waals surface area (Å²) in [5.41, 5.74) is 2.88. The average Bonchev–Trinajstić information content (AvgIpc) is 2.42. The lowest BCUT2D eigenvalue weighted by molar-refractivity contribution is 0.437. The molecule has 0 saturated heterocycles. The van der Waals surface area contributed by atoms with Gasteiger partial charge in [0.25, 0.3) is 0 Å². The highest BCUT2D eigenvalue weighted by atomic mass is 14.9. The van der Waals surface area contributed by atoms with Crippen LogP contribution in [0.4, 0.5) is 0 Å². The van der Waals surface area contributed by atoms with E-state index in [1.54, 1.807) is 0 Å². The maximum atomic E-state index is 3.59. The number of rotatable bonds is 4. The minimum absolute atomic E-state index is 0.150. The highest BCUT2D eigenvalue weighted by Gasteiger charge is 2.11. The van der Waals surface area contributed by atoms with Crippen LogP contribution < -0.4 is 5.32 Å². The zero-order valence-corrected chi connectivity index (χ0v) is 13.9. The second kappa shape index (κ2) is 6.44. The zero-order chi connectivity index (χ0) is 15.5. The van der Waals surface area contributed by atoms with E-state index >= 15 is 0 Å². The number of hydrogen-bond acceptors (Lipinski definition) is 1. The van der Waals surface area contributed by atoms with E-state index < -0.39 is 0 Å². The third kappa shape index (κ3) is 4.71. The van der Waals surface area contributed by atoms with Crippen LogP contribution in [0.2, 0.25) is 0 Å². The Bertz CT molecular complexity index is 630. The Morgan fingerprint density at radius 3 is 2.33 bits per heavy atom. The van der Waals surface area contributed by atoms with Gasteiger partial charge in [-0.3, -0.25) is 0 Å². The van der Waals surface area contributed by atoms with Gasteiger partial charge in [-0.15, -0.1) is 0 Å². The van der Waals surface area contributed by atoms with Crippen LogP contribution in [0.1, 0.15) is 40.2 Å². The highest BCUT2D eigenvalue weighted by Crippen LogP contribution is 2.20. The largest absolute Gasteiger partial charge is 0.308 e. The Morgan fingerprint density at radius 2 is 1.71 bits per heavy atom. The SMILES string of the molecule is CC(C)C(=Cc1ccc2ccccc2c1)CNC(C)(C)C. The summed E-state index contributed by atoms with van der Waals surface area (Å²) < 4.78 is 0. The number of nitrogens with one attached hydrogen (secondary N) is 1. The Hall–Kier alpha value is -1.60. The van der Waals surface area contributed by atoms with E-state index in [1.165, 1.54) is 21.9 Å². The predicted molar refractivity (Wildman–Crippen MR) is 94.5 cm³/mol. The molecule has 0 aliphatic rings. The van der Waals surface area contributed by atoms with Crippen molar-refractivity contribution in [3.63, 3.8) is 0 Å². The first kappa shape index (κ1) is 15.8. The summed E-state index contributed by atoms with van der Waals surface area (Å²) in [7, 11) is 0. The number of hydrogen-bond donors (Lipinski definition) is 1. The average molecular weight is 281 g/mol. The van der Waals surface area contributed by atoms with Gasteiger partial charge in [0.15, 0.2) is 0 Å². The summed E-state index contributed by atoms with van der Waals surface area (Å²) >= 11 is 0. The molecule has 0 saturated carbocycles. The molecular weight excluding hydrogens is 254 g/mol. The molecule has 0 bridgehead atoms. The summed E-state index contributed by atoms with van der Waals surface area (Å²) in [6.07, 6.45) is 2.33. The summed E-state index contributed by atoms with van der Waals surface area (Å²) in [5, 5.41) is 6.20. The molecule has 0 heterocycles. The van der Waals surface area contributed by atoms with Crippen molar-refractivity contribution in [1.29, 1.82) is 0 Å². The van der Waals surface area contributed by atoms with Gasteiger partial charge < -0.3 is 5.32 Å². The van der Waals surface area contributed by atoms with E-state index in [9.17, 15) is 0 Å². The summed E-state index contributed by atoms with van der Waals surface area (Å²) in [6, 6.07) is 15.2. The molecule has 0 amide bonds. The van der Waals surface area contributed by atoms with Crippen molar-refractivity contribution in [2.24, 2.45) is 5.92 Å². The lowest BCUT2D eigenvalue weighted by Gasteiger charge is -2.23. The fourth-order valence-electron chi connectivity index (χ4n) is 2.30. The molecule has 1 nitrogen and oxygen atoms in total. The number of benzene rings is 2. The van der Waals surface area contributed by atoms with Crippen molar-refractivity contribution in [3.05, 3.63) is 53.6 Å². The molecule has 2 aromatic carbocycles. The predicted octanol–water partition coefficient (Wildman–Crippen LogP) is 5.27. The van der Waals surface area contributed by atoms with Gasteiger partial charge in [0.2, 0.25) is 0 Å². The van der Waals surface area contributed by atoms with Crippen molar-refractivity contribution in [2.75, 3.05) is 6.54 Å². The quantitative estimate of drug-likeness (QED) is 0.805.